The largest absolute Gasteiger partial charge is 0.349 e. The Labute approximate surface area is 81.0 Å². The van der Waals surface area contributed by atoms with Crippen molar-refractivity contribution in [3.05, 3.63) is 23.0 Å². The third kappa shape index (κ3) is 2.13. The van der Waals surface area contributed by atoms with E-state index in [-0.39, 0.29) is 0 Å². The zero-order chi connectivity index (χ0) is 9.84. The van der Waals surface area contributed by atoms with Crippen LogP contribution in [0.15, 0.2) is 6.07 Å². The highest BCUT2D eigenvalue weighted by Gasteiger charge is 2.05. The molecule has 0 aliphatic heterocycles. The fourth-order valence-electron chi connectivity index (χ4n) is 1.80. The molecule has 1 heterocycles. The van der Waals surface area contributed by atoms with Gasteiger partial charge in [0.25, 0.3) is 0 Å². The van der Waals surface area contributed by atoms with Gasteiger partial charge < -0.3 is 9.88 Å². The van der Waals surface area contributed by atoms with Crippen LogP contribution in [0.1, 0.15) is 30.8 Å². The van der Waals surface area contributed by atoms with Crippen molar-refractivity contribution in [2.45, 2.75) is 40.8 Å². The quantitative estimate of drug-likeness (QED) is 0.752. The molecule has 0 amide bonds. The van der Waals surface area contributed by atoms with Gasteiger partial charge in [0, 0.05) is 24.5 Å². The van der Waals surface area contributed by atoms with E-state index < -0.39 is 0 Å². The lowest BCUT2D eigenvalue weighted by Crippen LogP contribution is -2.12. The lowest BCUT2D eigenvalue weighted by Gasteiger charge is -2.06. The molecule has 1 N–H and O–H groups in total. The standard InChI is InChI=1S/C11H20N2/c1-5-12-8-11-7-9(3)13(6-2)10(11)4/h7,12H,5-6,8H2,1-4H3. The molecular formula is C11H20N2. The first-order valence-corrected chi connectivity index (χ1v) is 5.07. The summed E-state index contributed by atoms with van der Waals surface area (Å²) in [5.74, 6) is 0. The molecule has 0 radical (unpaired) electrons. The summed E-state index contributed by atoms with van der Waals surface area (Å²) < 4.78 is 2.35. The molecule has 0 unspecified atom stereocenters. The molecule has 0 aromatic carbocycles. The van der Waals surface area contributed by atoms with Crippen LogP contribution in [-0.4, -0.2) is 11.1 Å². The Balaban J connectivity index is 2.83. The minimum atomic E-state index is 0.996. The number of nitrogens with zero attached hydrogens (tertiary/aromatic N) is 1. The molecule has 0 bridgehead atoms. The van der Waals surface area contributed by atoms with Crippen LogP contribution < -0.4 is 5.32 Å². The zero-order valence-electron chi connectivity index (χ0n) is 9.15. The lowest BCUT2D eigenvalue weighted by molar-refractivity contribution is 0.693. The summed E-state index contributed by atoms with van der Waals surface area (Å²) >= 11 is 0. The van der Waals surface area contributed by atoms with Crippen LogP contribution >= 0.6 is 0 Å². The van der Waals surface area contributed by atoms with Crippen LogP contribution in [0.25, 0.3) is 0 Å². The average Bonchev–Trinajstić information content (AvgIpc) is 2.38. The van der Waals surface area contributed by atoms with Crippen molar-refractivity contribution >= 4 is 0 Å². The smallest absolute Gasteiger partial charge is 0.0223 e. The van der Waals surface area contributed by atoms with Crippen LogP contribution in [0.2, 0.25) is 0 Å². The van der Waals surface area contributed by atoms with E-state index in [1.165, 1.54) is 17.0 Å². The third-order valence-corrected chi connectivity index (χ3v) is 2.56. The number of hydrogen-bond donors (Lipinski definition) is 1. The summed E-state index contributed by atoms with van der Waals surface area (Å²) in [6.45, 7) is 11.8. The average molecular weight is 180 g/mol. The monoisotopic (exact) mass is 180 g/mol. The highest BCUT2D eigenvalue weighted by molar-refractivity contribution is 5.26. The van der Waals surface area contributed by atoms with E-state index in [2.05, 4.69) is 43.6 Å². The second-order valence-corrected chi connectivity index (χ2v) is 3.42. The molecule has 0 fully saturated rings. The Morgan fingerprint density at radius 3 is 2.46 bits per heavy atom. The van der Waals surface area contributed by atoms with Crippen LogP contribution in [0.4, 0.5) is 0 Å². The van der Waals surface area contributed by atoms with Crippen molar-refractivity contribution in [1.82, 2.24) is 9.88 Å². The molecule has 0 aliphatic rings. The second-order valence-electron chi connectivity index (χ2n) is 3.42. The molecule has 1 aromatic rings. The SMILES string of the molecule is CCNCc1cc(C)n(CC)c1C. The highest BCUT2D eigenvalue weighted by atomic mass is 15.0. The topological polar surface area (TPSA) is 17.0 Å². The second kappa shape index (κ2) is 4.47. The molecular weight excluding hydrogens is 160 g/mol. The summed E-state index contributed by atoms with van der Waals surface area (Å²) in [7, 11) is 0. The van der Waals surface area contributed by atoms with Crippen LogP contribution in [0.5, 0.6) is 0 Å². The van der Waals surface area contributed by atoms with Crippen molar-refractivity contribution in [2.24, 2.45) is 0 Å². The Kier molecular flexibility index (Phi) is 3.55. The van der Waals surface area contributed by atoms with Crippen molar-refractivity contribution < 1.29 is 0 Å². The lowest BCUT2D eigenvalue weighted by atomic mass is 10.2. The first-order chi connectivity index (χ1) is 6.20. The van der Waals surface area contributed by atoms with Crippen LogP contribution in [0.3, 0.4) is 0 Å². The Bertz CT molecular complexity index is 274. The molecule has 0 saturated heterocycles. The van der Waals surface area contributed by atoms with Gasteiger partial charge in [-0.1, -0.05) is 6.92 Å². The Hall–Kier alpha value is -0.760. The van der Waals surface area contributed by atoms with Gasteiger partial charge in [-0.3, -0.25) is 0 Å². The summed E-state index contributed by atoms with van der Waals surface area (Å²) in [4.78, 5) is 0. The van der Waals surface area contributed by atoms with Gasteiger partial charge in [0.2, 0.25) is 0 Å². The predicted molar refractivity (Wildman–Crippen MR) is 57.0 cm³/mol. The molecule has 1 rings (SSSR count). The maximum absolute atomic E-state index is 3.36. The van der Waals surface area contributed by atoms with Gasteiger partial charge in [-0.05, 0) is 38.9 Å². The van der Waals surface area contributed by atoms with E-state index in [1.54, 1.807) is 0 Å². The van der Waals surface area contributed by atoms with Gasteiger partial charge in [0.15, 0.2) is 0 Å². The van der Waals surface area contributed by atoms with Gasteiger partial charge in [0.1, 0.15) is 0 Å². The zero-order valence-corrected chi connectivity index (χ0v) is 9.15. The molecule has 13 heavy (non-hydrogen) atoms. The minimum absolute atomic E-state index is 0.996. The summed E-state index contributed by atoms with van der Waals surface area (Å²) in [5, 5.41) is 3.36. The summed E-state index contributed by atoms with van der Waals surface area (Å²) in [6, 6.07) is 2.28. The summed E-state index contributed by atoms with van der Waals surface area (Å²) in [5.41, 5.74) is 4.20. The predicted octanol–water partition coefficient (Wildman–Crippen LogP) is 2.23. The number of nitrogens with one attached hydrogen (secondary N) is 1. The van der Waals surface area contributed by atoms with Crippen LogP contribution in [-0.2, 0) is 13.1 Å². The Morgan fingerprint density at radius 1 is 1.31 bits per heavy atom. The van der Waals surface area contributed by atoms with Crippen LogP contribution in [0, 0.1) is 13.8 Å². The van der Waals surface area contributed by atoms with Gasteiger partial charge in [0.05, 0.1) is 0 Å². The first-order valence-electron chi connectivity index (χ1n) is 5.07. The summed E-state index contributed by atoms with van der Waals surface area (Å²) in [6.07, 6.45) is 0. The molecule has 0 spiro atoms. The van der Waals surface area contributed by atoms with Gasteiger partial charge >= 0.3 is 0 Å². The first kappa shape index (κ1) is 10.3. The van der Waals surface area contributed by atoms with Gasteiger partial charge in [-0.25, -0.2) is 0 Å². The molecule has 0 aliphatic carbocycles. The number of aryl methyl sites for hydroxylation is 1. The molecule has 2 nitrogen and oxygen atoms in total. The molecule has 1 aromatic heterocycles. The van der Waals surface area contributed by atoms with Crippen molar-refractivity contribution in [2.75, 3.05) is 6.54 Å². The number of rotatable bonds is 4. The van der Waals surface area contributed by atoms with E-state index in [4.69, 9.17) is 0 Å². The normalized spacial score (nSPS) is 10.8. The van der Waals surface area contributed by atoms with E-state index in [0.29, 0.717) is 0 Å². The molecule has 2 heteroatoms. The van der Waals surface area contributed by atoms with Crippen molar-refractivity contribution in [1.29, 1.82) is 0 Å². The number of hydrogen-bond acceptors (Lipinski definition) is 1. The van der Waals surface area contributed by atoms with Crippen molar-refractivity contribution in [3.8, 4) is 0 Å². The maximum Gasteiger partial charge on any atom is 0.0223 e. The van der Waals surface area contributed by atoms with E-state index in [1.807, 2.05) is 0 Å². The van der Waals surface area contributed by atoms with E-state index in [9.17, 15) is 0 Å². The third-order valence-electron chi connectivity index (χ3n) is 2.56. The highest BCUT2D eigenvalue weighted by Crippen LogP contribution is 2.14. The molecule has 0 saturated carbocycles. The van der Waals surface area contributed by atoms with E-state index in [0.717, 1.165) is 19.6 Å². The maximum atomic E-state index is 3.36. The Morgan fingerprint density at radius 2 is 2.00 bits per heavy atom. The fraction of sp³-hybridized carbons (Fsp3) is 0.636. The number of aromatic nitrogens is 1. The van der Waals surface area contributed by atoms with E-state index >= 15 is 0 Å². The fourth-order valence-corrected chi connectivity index (χ4v) is 1.80. The van der Waals surface area contributed by atoms with Gasteiger partial charge in [-0.2, -0.15) is 0 Å². The van der Waals surface area contributed by atoms with Crippen molar-refractivity contribution in [3.63, 3.8) is 0 Å². The molecule has 74 valence electrons. The van der Waals surface area contributed by atoms with Gasteiger partial charge in [-0.15, -0.1) is 0 Å². The minimum Gasteiger partial charge on any atom is -0.349 e. The molecule has 0 atom stereocenters.